The zero-order valence-electron chi connectivity index (χ0n) is 30.8. The van der Waals surface area contributed by atoms with Crippen LogP contribution in [0.25, 0.3) is 0 Å². The summed E-state index contributed by atoms with van der Waals surface area (Å²) in [6, 6.07) is 0. The van der Waals surface area contributed by atoms with Crippen molar-refractivity contribution in [3.63, 3.8) is 0 Å². The molecule has 0 heterocycles. The smallest absolute Gasteiger partial charge is 0.216 e. The molecule has 0 rings (SSSR count). The van der Waals surface area contributed by atoms with Gasteiger partial charge in [-0.3, -0.25) is 4.48 Å². The Morgan fingerprint density at radius 1 is 0.311 bits per heavy atom. The Morgan fingerprint density at radius 3 is 0.667 bits per heavy atom. The van der Waals surface area contributed by atoms with Gasteiger partial charge in [0.15, 0.2) is 0 Å². The zero-order chi connectivity index (χ0) is 33.1. The van der Waals surface area contributed by atoms with E-state index in [9.17, 15) is 20.4 Å². The first-order chi connectivity index (χ1) is 22.1. The van der Waals surface area contributed by atoms with Crippen LogP contribution in [-0.4, -0.2) is 63.7 Å². The van der Waals surface area contributed by atoms with Crippen LogP contribution in [0.1, 0.15) is 219 Å². The molecule has 0 aromatic rings. The third kappa shape index (κ3) is 26.4. The fourth-order valence-electron chi connectivity index (χ4n) is 7.14. The van der Waals surface area contributed by atoms with Gasteiger partial charge in [-0.15, -0.1) is 0 Å². The summed E-state index contributed by atoms with van der Waals surface area (Å²) in [7, 11) is 0. The van der Waals surface area contributed by atoms with Crippen LogP contribution in [0, 0.1) is 0 Å². The molecule has 0 aromatic carbocycles. The number of hydrogen-bond donors (Lipinski definition) is 4. The van der Waals surface area contributed by atoms with E-state index in [1.54, 1.807) is 0 Å². The van der Waals surface area contributed by atoms with Crippen LogP contribution < -0.4 is 0 Å². The largest absolute Gasteiger partial charge is 0.387 e. The maximum atomic E-state index is 10.8. The molecule has 0 bridgehead atoms. The second-order valence-corrected chi connectivity index (χ2v) is 14.5. The van der Waals surface area contributed by atoms with Crippen LogP contribution in [0.4, 0.5) is 0 Å². The molecule has 0 radical (unpaired) electrons. The van der Waals surface area contributed by atoms with Gasteiger partial charge in [-0.05, 0) is 25.7 Å². The molecule has 0 spiro atoms. The monoisotopic (exact) mass is 643 g/mol. The third-order valence-corrected chi connectivity index (χ3v) is 10.4. The Hall–Kier alpha value is -0.200. The van der Waals surface area contributed by atoms with Crippen molar-refractivity contribution < 1.29 is 24.9 Å². The molecule has 45 heavy (non-hydrogen) atoms. The van der Waals surface area contributed by atoms with Crippen molar-refractivity contribution in [3.8, 4) is 0 Å². The van der Waals surface area contributed by atoms with E-state index < -0.39 is 12.5 Å². The summed E-state index contributed by atoms with van der Waals surface area (Å²) in [5.74, 6) is 0. The van der Waals surface area contributed by atoms with E-state index in [4.69, 9.17) is 0 Å². The molecule has 0 aliphatic carbocycles. The lowest BCUT2D eigenvalue weighted by molar-refractivity contribution is -1.01. The fraction of sp³-hybridized carbons (Fsp3) is 1.00. The van der Waals surface area contributed by atoms with Gasteiger partial charge in [0.1, 0.15) is 13.2 Å². The molecule has 0 fully saturated rings. The lowest BCUT2D eigenvalue weighted by Crippen LogP contribution is -2.64. The van der Waals surface area contributed by atoms with Gasteiger partial charge in [-0.25, -0.2) is 0 Å². The average Bonchev–Trinajstić information content (AvgIpc) is 3.06. The minimum absolute atomic E-state index is 0.0181. The van der Waals surface area contributed by atoms with E-state index >= 15 is 0 Å². The standard InChI is InChI=1S/C40H84NO4/c1-3-5-7-9-11-13-15-17-19-21-23-25-27-29-31-33-35-41(39(44)37-42,40(45)38-43)36-34-32-30-28-26-24-22-20-18-16-14-12-10-8-6-4-2/h39-40,42-45H,3-38H2,1-2H3/q+1. The molecule has 0 aromatic heterocycles. The highest BCUT2D eigenvalue weighted by atomic mass is 16.4. The number of hydrogen-bond acceptors (Lipinski definition) is 4. The minimum atomic E-state index is -1.04. The van der Waals surface area contributed by atoms with Crippen LogP contribution >= 0.6 is 0 Å². The van der Waals surface area contributed by atoms with Crippen LogP contribution in [0.5, 0.6) is 0 Å². The summed E-state index contributed by atoms with van der Waals surface area (Å²) in [6.45, 7) is 5.02. The van der Waals surface area contributed by atoms with Crippen LogP contribution in [0.3, 0.4) is 0 Å². The summed E-state index contributed by atoms with van der Waals surface area (Å²) >= 11 is 0. The van der Waals surface area contributed by atoms with Crippen molar-refractivity contribution in [1.82, 2.24) is 0 Å². The molecular formula is C40H84NO4+. The number of unbranched alkanes of at least 4 members (excludes halogenated alkanes) is 30. The number of nitrogens with zero attached hydrogens (tertiary/aromatic N) is 1. The SMILES string of the molecule is CCCCCCCCCCCCCCCCCC[N+](CCCCCCCCCCCCCCCCCC)(C(O)CO)C(O)CO. The van der Waals surface area contributed by atoms with Crippen molar-refractivity contribution in [2.75, 3.05) is 26.3 Å². The topological polar surface area (TPSA) is 80.9 Å². The van der Waals surface area contributed by atoms with Gasteiger partial charge in [0, 0.05) is 0 Å². The molecule has 0 aliphatic rings. The molecule has 5 heteroatoms. The van der Waals surface area contributed by atoms with E-state index in [0.717, 1.165) is 25.7 Å². The normalized spacial score (nSPS) is 13.5. The predicted molar refractivity (Wildman–Crippen MR) is 195 cm³/mol. The van der Waals surface area contributed by atoms with Crippen molar-refractivity contribution in [2.24, 2.45) is 0 Å². The van der Waals surface area contributed by atoms with Crippen LogP contribution in [0.15, 0.2) is 0 Å². The molecule has 2 atom stereocenters. The lowest BCUT2D eigenvalue weighted by atomic mass is 10.0. The first-order valence-electron chi connectivity index (χ1n) is 20.5. The maximum absolute atomic E-state index is 10.8. The van der Waals surface area contributed by atoms with E-state index in [2.05, 4.69) is 13.8 Å². The highest BCUT2D eigenvalue weighted by Gasteiger charge is 2.41. The van der Waals surface area contributed by atoms with Crippen molar-refractivity contribution >= 4 is 0 Å². The predicted octanol–water partition coefficient (Wildman–Crippen LogP) is 10.9. The Balaban J connectivity index is 3.98. The summed E-state index contributed by atoms with van der Waals surface area (Å²) < 4.78 is 0.0181. The summed E-state index contributed by atoms with van der Waals surface area (Å²) in [5.41, 5.74) is 0. The van der Waals surface area contributed by atoms with Gasteiger partial charge in [-0.2, -0.15) is 0 Å². The van der Waals surface area contributed by atoms with Crippen molar-refractivity contribution in [2.45, 2.75) is 232 Å². The molecule has 0 aliphatic heterocycles. The highest BCUT2D eigenvalue weighted by Crippen LogP contribution is 2.23. The van der Waals surface area contributed by atoms with E-state index in [0.29, 0.717) is 13.1 Å². The summed E-state index contributed by atoms with van der Waals surface area (Å²) in [4.78, 5) is 0. The van der Waals surface area contributed by atoms with Crippen LogP contribution in [0.2, 0.25) is 0 Å². The van der Waals surface area contributed by atoms with E-state index in [-0.39, 0.29) is 17.7 Å². The van der Waals surface area contributed by atoms with Gasteiger partial charge >= 0.3 is 0 Å². The molecule has 0 saturated carbocycles. The average molecular weight is 643 g/mol. The van der Waals surface area contributed by atoms with E-state index in [1.807, 2.05) is 0 Å². The summed E-state index contributed by atoms with van der Waals surface area (Å²) in [6.07, 6.45) is 39.9. The van der Waals surface area contributed by atoms with Gasteiger partial charge in [0.05, 0.1) is 13.1 Å². The Bertz CT molecular complexity index is 512. The fourth-order valence-corrected chi connectivity index (χ4v) is 7.14. The Labute approximate surface area is 282 Å². The van der Waals surface area contributed by atoms with Crippen molar-refractivity contribution in [1.29, 1.82) is 0 Å². The van der Waals surface area contributed by atoms with Gasteiger partial charge in [-0.1, -0.05) is 194 Å². The molecular weight excluding hydrogens is 558 g/mol. The van der Waals surface area contributed by atoms with E-state index in [1.165, 1.54) is 180 Å². The molecule has 2 unspecified atom stereocenters. The van der Waals surface area contributed by atoms with Crippen LogP contribution in [-0.2, 0) is 0 Å². The first kappa shape index (κ1) is 44.8. The highest BCUT2D eigenvalue weighted by molar-refractivity contribution is 4.57. The number of aliphatic hydroxyl groups is 4. The molecule has 4 N–H and O–H groups in total. The number of quaternary nitrogens is 1. The Kier molecular flexibility index (Phi) is 35.0. The summed E-state index contributed by atoms with van der Waals surface area (Å²) in [5, 5.41) is 41.2. The molecule has 0 saturated heterocycles. The molecule has 0 amide bonds. The second kappa shape index (κ2) is 35.1. The van der Waals surface area contributed by atoms with Gasteiger partial charge in [0.25, 0.3) is 0 Å². The van der Waals surface area contributed by atoms with Crippen molar-refractivity contribution in [3.05, 3.63) is 0 Å². The first-order valence-corrected chi connectivity index (χ1v) is 20.5. The maximum Gasteiger partial charge on any atom is 0.216 e. The lowest BCUT2D eigenvalue weighted by Gasteiger charge is -2.44. The third-order valence-electron chi connectivity index (χ3n) is 10.4. The van der Waals surface area contributed by atoms with Gasteiger partial charge in [0.2, 0.25) is 12.5 Å². The second-order valence-electron chi connectivity index (χ2n) is 14.5. The quantitative estimate of drug-likeness (QED) is 0.0307. The number of aliphatic hydroxyl groups excluding tert-OH is 4. The zero-order valence-corrected chi connectivity index (χ0v) is 30.8. The molecule has 5 nitrogen and oxygen atoms in total. The number of rotatable bonds is 38. The van der Waals surface area contributed by atoms with Gasteiger partial charge < -0.3 is 20.4 Å². The molecule has 272 valence electrons. The minimum Gasteiger partial charge on any atom is -0.387 e. The Morgan fingerprint density at radius 2 is 0.489 bits per heavy atom.